The lowest BCUT2D eigenvalue weighted by atomic mass is 9.88. The smallest absolute Gasteiger partial charge is 0.226 e. The lowest BCUT2D eigenvalue weighted by Gasteiger charge is -2.35. The molecule has 0 radical (unpaired) electrons. The van der Waals surface area contributed by atoms with Crippen molar-refractivity contribution < 1.29 is 4.79 Å². The van der Waals surface area contributed by atoms with Gasteiger partial charge in [-0.15, -0.1) is 0 Å². The van der Waals surface area contributed by atoms with Crippen LogP contribution in [0.2, 0.25) is 0 Å². The average molecular weight is 326 g/mol. The lowest BCUT2D eigenvalue weighted by molar-refractivity contribution is -0.138. The molecule has 24 heavy (non-hydrogen) atoms. The van der Waals surface area contributed by atoms with Gasteiger partial charge in [-0.05, 0) is 50.9 Å². The van der Waals surface area contributed by atoms with Crippen LogP contribution in [0.4, 0.5) is 0 Å². The quantitative estimate of drug-likeness (QED) is 0.939. The van der Waals surface area contributed by atoms with Gasteiger partial charge in [-0.25, -0.2) is 4.98 Å². The fourth-order valence-electron chi connectivity index (χ4n) is 4.11. The van der Waals surface area contributed by atoms with Crippen LogP contribution in [0, 0.1) is 11.8 Å². The topological polar surface area (TPSA) is 50.2 Å². The Kier molecular flexibility index (Phi) is 4.04. The Morgan fingerprint density at radius 2 is 2.17 bits per heavy atom. The van der Waals surface area contributed by atoms with Crippen LogP contribution in [0.1, 0.15) is 38.6 Å². The first-order valence-corrected chi connectivity index (χ1v) is 9.17. The predicted molar refractivity (Wildman–Crippen MR) is 94.6 cm³/mol. The van der Waals surface area contributed by atoms with E-state index in [4.69, 9.17) is 4.98 Å². The maximum absolute atomic E-state index is 13.0. The van der Waals surface area contributed by atoms with Gasteiger partial charge in [0.15, 0.2) is 0 Å². The average Bonchev–Trinajstić information content (AvgIpc) is 3.16. The summed E-state index contributed by atoms with van der Waals surface area (Å²) < 4.78 is 2.28. The maximum Gasteiger partial charge on any atom is 0.226 e. The highest BCUT2D eigenvalue weighted by Gasteiger charge is 2.38. The molecular formula is C19H26N4O. The number of benzene rings is 1. The van der Waals surface area contributed by atoms with Crippen LogP contribution in [0.25, 0.3) is 11.0 Å². The minimum absolute atomic E-state index is 0.103. The number of aryl methyl sites for hydroxylation is 1. The van der Waals surface area contributed by atoms with Gasteiger partial charge in [0.1, 0.15) is 5.82 Å². The van der Waals surface area contributed by atoms with Crippen molar-refractivity contribution in [1.82, 2.24) is 19.8 Å². The second-order valence-corrected chi connectivity index (χ2v) is 7.10. The van der Waals surface area contributed by atoms with E-state index in [1.807, 2.05) is 6.07 Å². The molecule has 2 fully saturated rings. The first-order valence-electron chi connectivity index (χ1n) is 9.17. The fourth-order valence-corrected chi connectivity index (χ4v) is 4.11. The van der Waals surface area contributed by atoms with Crippen LogP contribution < -0.4 is 5.32 Å². The normalized spacial score (nSPS) is 22.8. The molecule has 4 rings (SSSR count). The zero-order valence-electron chi connectivity index (χ0n) is 14.5. The first kappa shape index (κ1) is 15.6. The largest absolute Gasteiger partial charge is 0.332 e. The third-order valence-electron chi connectivity index (χ3n) is 5.74. The molecule has 0 bridgehead atoms. The van der Waals surface area contributed by atoms with E-state index in [1.165, 1.54) is 5.52 Å². The summed E-state index contributed by atoms with van der Waals surface area (Å²) in [5.41, 5.74) is 2.20. The van der Waals surface area contributed by atoms with Crippen LogP contribution in [0.15, 0.2) is 24.3 Å². The molecule has 3 heterocycles. The summed E-state index contributed by atoms with van der Waals surface area (Å²) in [6.45, 7) is 7.93. The van der Waals surface area contributed by atoms with Gasteiger partial charge < -0.3 is 14.8 Å². The molecule has 0 spiro atoms. The summed E-state index contributed by atoms with van der Waals surface area (Å²) in [7, 11) is 0. The number of rotatable bonds is 4. The van der Waals surface area contributed by atoms with Crippen molar-refractivity contribution in [2.75, 3.05) is 19.6 Å². The third kappa shape index (κ3) is 2.42. The van der Waals surface area contributed by atoms with E-state index in [0.29, 0.717) is 11.8 Å². The van der Waals surface area contributed by atoms with E-state index < -0.39 is 0 Å². The van der Waals surface area contributed by atoms with E-state index in [0.717, 1.165) is 50.4 Å². The van der Waals surface area contributed by atoms with Crippen molar-refractivity contribution in [3.63, 3.8) is 0 Å². The molecule has 1 N–H and O–H groups in total. The van der Waals surface area contributed by atoms with Gasteiger partial charge in [0.05, 0.1) is 17.1 Å². The molecule has 1 aromatic carbocycles. The molecule has 5 heteroatoms. The number of hydrogen-bond donors (Lipinski definition) is 1. The number of aromatic nitrogens is 2. The summed E-state index contributed by atoms with van der Waals surface area (Å²) in [6.07, 6.45) is 2.09. The molecule has 2 atom stereocenters. The van der Waals surface area contributed by atoms with E-state index in [9.17, 15) is 4.79 Å². The number of fused-ring (bicyclic) bond motifs is 1. The predicted octanol–water partition coefficient (Wildman–Crippen LogP) is 2.58. The van der Waals surface area contributed by atoms with E-state index >= 15 is 0 Å². The molecule has 2 aliphatic heterocycles. The van der Waals surface area contributed by atoms with Gasteiger partial charge >= 0.3 is 0 Å². The molecule has 128 valence electrons. The minimum atomic E-state index is 0.103. The zero-order chi connectivity index (χ0) is 16.7. The lowest BCUT2D eigenvalue weighted by Crippen LogP contribution is -2.50. The molecule has 2 saturated heterocycles. The number of carbonyl (C=O) groups excluding carboxylic acids is 1. The molecule has 0 saturated carbocycles. The van der Waals surface area contributed by atoms with Gasteiger partial charge in [0.25, 0.3) is 0 Å². The van der Waals surface area contributed by atoms with Gasteiger partial charge in [0.2, 0.25) is 5.91 Å². The molecule has 1 aromatic heterocycles. The van der Waals surface area contributed by atoms with Crippen molar-refractivity contribution in [3.05, 3.63) is 30.1 Å². The highest BCUT2D eigenvalue weighted by molar-refractivity contribution is 5.80. The number of para-hydroxylation sites is 2. The second kappa shape index (κ2) is 6.20. The summed E-state index contributed by atoms with van der Waals surface area (Å²) >= 11 is 0. The van der Waals surface area contributed by atoms with E-state index in [1.54, 1.807) is 0 Å². The monoisotopic (exact) mass is 326 g/mol. The summed E-state index contributed by atoms with van der Waals surface area (Å²) in [6, 6.07) is 8.40. The highest BCUT2D eigenvalue weighted by atomic mass is 16.2. The van der Waals surface area contributed by atoms with Crippen LogP contribution >= 0.6 is 0 Å². The Balaban J connectivity index is 1.66. The maximum atomic E-state index is 13.0. The standard InChI is InChI=1S/C19H26N4O/c1-3-22-16-8-5-4-7-15(16)21-18(22)17-9-6-10-23(17)19(24)13(2)14-11-20-12-14/h4-5,7-8,13-14,17,20H,3,6,9-12H2,1-2H3. The van der Waals surface area contributed by atoms with Crippen LogP contribution in [0.3, 0.4) is 0 Å². The first-order chi connectivity index (χ1) is 11.7. The van der Waals surface area contributed by atoms with Crippen molar-refractivity contribution in [2.24, 2.45) is 11.8 Å². The van der Waals surface area contributed by atoms with Crippen molar-refractivity contribution >= 4 is 16.9 Å². The summed E-state index contributed by atoms with van der Waals surface area (Å²) in [4.78, 5) is 20.0. The second-order valence-electron chi connectivity index (χ2n) is 7.10. The Morgan fingerprint density at radius 3 is 2.88 bits per heavy atom. The summed E-state index contributed by atoms with van der Waals surface area (Å²) in [5.74, 6) is 1.96. The van der Waals surface area contributed by atoms with Gasteiger partial charge in [-0.2, -0.15) is 0 Å². The number of amides is 1. The SMILES string of the molecule is CCn1c(C2CCCN2C(=O)C(C)C2CNC2)nc2ccccc21. The van der Waals surface area contributed by atoms with E-state index in [2.05, 4.69) is 46.8 Å². The number of nitrogens with one attached hydrogen (secondary N) is 1. The molecule has 1 amide bonds. The molecule has 2 aliphatic rings. The summed E-state index contributed by atoms with van der Waals surface area (Å²) in [5, 5.41) is 3.28. The van der Waals surface area contributed by atoms with Crippen LogP contribution in [-0.2, 0) is 11.3 Å². The highest BCUT2D eigenvalue weighted by Crippen LogP contribution is 2.35. The fraction of sp³-hybridized carbons (Fsp3) is 0.579. The van der Waals surface area contributed by atoms with Crippen molar-refractivity contribution in [1.29, 1.82) is 0 Å². The van der Waals surface area contributed by atoms with Gasteiger partial charge in [-0.1, -0.05) is 19.1 Å². The van der Waals surface area contributed by atoms with Crippen molar-refractivity contribution in [3.8, 4) is 0 Å². The van der Waals surface area contributed by atoms with Crippen LogP contribution in [-0.4, -0.2) is 40.0 Å². The minimum Gasteiger partial charge on any atom is -0.332 e. The third-order valence-corrected chi connectivity index (χ3v) is 5.74. The molecule has 5 nitrogen and oxygen atoms in total. The Hall–Kier alpha value is -1.88. The Bertz CT molecular complexity index is 749. The molecule has 0 aliphatic carbocycles. The van der Waals surface area contributed by atoms with Gasteiger partial charge in [-0.3, -0.25) is 4.79 Å². The van der Waals surface area contributed by atoms with Gasteiger partial charge in [0, 0.05) is 19.0 Å². The van der Waals surface area contributed by atoms with E-state index in [-0.39, 0.29) is 12.0 Å². The van der Waals surface area contributed by atoms with Crippen molar-refractivity contribution in [2.45, 2.75) is 39.3 Å². The zero-order valence-corrected chi connectivity index (χ0v) is 14.5. The Labute approximate surface area is 143 Å². The number of likely N-dealkylation sites (tertiary alicyclic amines) is 1. The number of hydrogen-bond acceptors (Lipinski definition) is 3. The molecule has 2 aromatic rings. The molecular weight excluding hydrogens is 300 g/mol. The number of nitrogens with zero attached hydrogens (tertiary/aromatic N) is 3. The van der Waals surface area contributed by atoms with Crippen LogP contribution in [0.5, 0.6) is 0 Å². The number of carbonyl (C=O) groups is 1. The molecule has 2 unspecified atom stereocenters. The number of imidazole rings is 1. The Morgan fingerprint density at radius 1 is 1.38 bits per heavy atom.